The van der Waals surface area contributed by atoms with Gasteiger partial charge in [0.2, 0.25) is 0 Å². The lowest BCUT2D eigenvalue weighted by Crippen LogP contribution is -2.52. The molecule has 0 amide bonds. The highest BCUT2D eigenvalue weighted by atomic mass is 16.3. The van der Waals surface area contributed by atoms with E-state index in [0.29, 0.717) is 18.3 Å². The van der Waals surface area contributed by atoms with Gasteiger partial charge in [-0.25, -0.2) is 0 Å². The largest absolute Gasteiger partial charge is 0.400 e. The van der Waals surface area contributed by atoms with Crippen LogP contribution in [0.2, 0.25) is 0 Å². The average Bonchev–Trinajstić information content (AvgIpc) is 2.98. The van der Waals surface area contributed by atoms with Crippen LogP contribution in [0, 0.1) is 40.4 Å². The third kappa shape index (κ3) is 3.76. The summed E-state index contributed by atoms with van der Waals surface area (Å²) < 4.78 is 0. The fourth-order valence-corrected chi connectivity index (χ4v) is 8.17. The normalized spacial score (nSPS) is 47.8. The molecule has 164 valence electrons. The minimum Gasteiger partial charge on any atom is -0.400 e. The van der Waals surface area contributed by atoms with Gasteiger partial charge in [0.25, 0.3) is 0 Å². The molecule has 0 heterocycles. The summed E-state index contributed by atoms with van der Waals surface area (Å²) in [7, 11) is 12.2. The van der Waals surface area contributed by atoms with Gasteiger partial charge in [-0.05, 0) is 105 Å². The maximum Gasteiger partial charge on any atom is 0.113 e. The Morgan fingerprint density at radius 2 is 1.87 bits per heavy atom. The van der Waals surface area contributed by atoms with Gasteiger partial charge in [-0.15, -0.1) is 0 Å². The Labute approximate surface area is 187 Å². The molecule has 3 fully saturated rings. The standard InChI is InChI=1S/C26H42B2O2/c1-17(2)26(28,30)12-5-6-18-8-10-21-20-9-7-19-16-25(27,29)15-14-24(19,4)22(20)11-13-23(18,21)3/h7,17-18,20-22,29-30H,5-6,8-16H2,1-4H3/t18-,20-,21-,22-,23+,24-,25+,26?/m0/s1. The van der Waals surface area contributed by atoms with Gasteiger partial charge in [0.05, 0.1) is 0 Å². The Bertz CT molecular complexity index is 685. The second-order valence-corrected chi connectivity index (χ2v) is 12.4. The van der Waals surface area contributed by atoms with E-state index in [2.05, 4.69) is 19.9 Å². The van der Waals surface area contributed by atoms with Gasteiger partial charge in [-0.2, -0.15) is 0 Å². The molecule has 0 spiro atoms. The fourth-order valence-electron chi connectivity index (χ4n) is 8.17. The lowest BCUT2D eigenvalue weighted by atomic mass is 9.45. The first-order chi connectivity index (χ1) is 13.9. The minimum atomic E-state index is -1.03. The first-order valence-corrected chi connectivity index (χ1v) is 12.6. The Morgan fingerprint density at radius 1 is 1.13 bits per heavy atom. The predicted octanol–water partition coefficient (Wildman–Crippen LogP) is 5.11. The van der Waals surface area contributed by atoms with Gasteiger partial charge in [0.1, 0.15) is 15.7 Å². The first kappa shape index (κ1) is 23.0. The van der Waals surface area contributed by atoms with E-state index in [0.717, 1.165) is 42.9 Å². The Morgan fingerprint density at radius 3 is 2.57 bits per heavy atom. The molecule has 0 aliphatic heterocycles. The van der Waals surface area contributed by atoms with E-state index in [-0.39, 0.29) is 11.3 Å². The van der Waals surface area contributed by atoms with Crippen LogP contribution in [-0.2, 0) is 0 Å². The fraction of sp³-hybridized carbons (Fsp3) is 0.923. The smallest absolute Gasteiger partial charge is 0.113 e. The van der Waals surface area contributed by atoms with Gasteiger partial charge in [0, 0.05) is 11.0 Å². The number of rotatable bonds is 5. The van der Waals surface area contributed by atoms with Crippen LogP contribution < -0.4 is 0 Å². The van der Waals surface area contributed by atoms with Crippen LogP contribution in [-0.4, -0.2) is 36.9 Å². The Hall–Kier alpha value is -0.210. The van der Waals surface area contributed by atoms with Crippen molar-refractivity contribution in [2.75, 3.05) is 0 Å². The highest BCUT2D eigenvalue weighted by molar-refractivity contribution is 6.14. The molecule has 0 aromatic heterocycles. The van der Waals surface area contributed by atoms with Crippen LogP contribution >= 0.6 is 0 Å². The molecule has 8 atom stereocenters. The highest BCUT2D eigenvalue weighted by Gasteiger charge is 2.58. The molecule has 4 rings (SSSR count). The molecule has 0 aromatic carbocycles. The lowest BCUT2D eigenvalue weighted by Gasteiger charge is -2.59. The van der Waals surface area contributed by atoms with Crippen molar-refractivity contribution in [3.63, 3.8) is 0 Å². The van der Waals surface area contributed by atoms with Crippen LogP contribution in [0.25, 0.3) is 0 Å². The topological polar surface area (TPSA) is 40.5 Å². The van der Waals surface area contributed by atoms with Gasteiger partial charge in [0.15, 0.2) is 0 Å². The summed E-state index contributed by atoms with van der Waals surface area (Å²) in [4.78, 5) is 0. The van der Waals surface area contributed by atoms with E-state index in [9.17, 15) is 10.2 Å². The molecule has 4 aliphatic rings. The lowest BCUT2D eigenvalue weighted by molar-refractivity contribution is -0.0558. The molecule has 4 aliphatic carbocycles. The van der Waals surface area contributed by atoms with E-state index in [4.69, 9.17) is 15.7 Å². The predicted molar refractivity (Wildman–Crippen MR) is 125 cm³/mol. The van der Waals surface area contributed by atoms with E-state index in [1.165, 1.54) is 44.1 Å². The Balaban J connectivity index is 1.46. The number of fused-ring (bicyclic) bond motifs is 5. The molecule has 0 saturated heterocycles. The number of hydrogen-bond donors (Lipinski definition) is 2. The second-order valence-electron chi connectivity index (χ2n) is 12.4. The van der Waals surface area contributed by atoms with Crippen molar-refractivity contribution >= 4 is 15.7 Å². The number of hydrogen-bond acceptors (Lipinski definition) is 2. The van der Waals surface area contributed by atoms with Gasteiger partial charge >= 0.3 is 0 Å². The van der Waals surface area contributed by atoms with Crippen LogP contribution in [0.1, 0.15) is 98.3 Å². The molecule has 4 heteroatoms. The SMILES string of the molecule is [B]C(O)(CCC[C@H]1CC[C@H]2[C@@H]3CC=C4C[C@]([B])(O)CC[C@]4(C)[C@H]3CC[C@]12C)C(C)C. The van der Waals surface area contributed by atoms with Gasteiger partial charge in [-0.1, -0.05) is 45.8 Å². The summed E-state index contributed by atoms with van der Waals surface area (Å²) in [6.45, 7) is 9.06. The quantitative estimate of drug-likeness (QED) is 0.491. The van der Waals surface area contributed by atoms with Crippen LogP contribution in [0.15, 0.2) is 11.6 Å². The molecule has 0 aromatic rings. The van der Waals surface area contributed by atoms with Crippen molar-refractivity contribution in [1.82, 2.24) is 0 Å². The molecule has 30 heavy (non-hydrogen) atoms. The summed E-state index contributed by atoms with van der Waals surface area (Å²) >= 11 is 0. The van der Waals surface area contributed by atoms with Crippen molar-refractivity contribution < 1.29 is 10.2 Å². The van der Waals surface area contributed by atoms with E-state index in [1.54, 1.807) is 0 Å². The summed E-state index contributed by atoms with van der Waals surface area (Å²) in [5.74, 6) is 3.22. The zero-order chi connectivity index (χ0) is 21.9. The van der Waals surface area contributed by atoms with Gasteiger partial charge in [-0.3, -0.25) is 0 Å². The van der Waals surface area contributed by atoms with Crippen LogP contribution in [0.4, 0.5) is 0 Å². The molecule has 0 bridgehead atoms. The molecule has 2 N–H and O–H groups in total. The van der Waals surface area contributed by atoms with E-state index < -0.39 is 11.0 Å². The maximum atomic E-state index is 10.4. The molecular formula is C26H42B2O2. The monoisotopic (exact) mass is 408 g/mol. The Kier molecular flexibility index (Phi) is 5.88. The summed E-state index contributed by atoms with van der Waals surface area (Å²) in [6.07, 6.45) is 14.4. The first-order valence-electron chi connectivity index (χ1n) is 12.6. The van der Waals surface area contributed by atoms with Crippen molar-refractivity contribution in [3.8, 4) is 0 Å². The van der Waals surface area contributed by atoms with Crippen LogP contribution in [0.3, 0.4) is 0 Å². The summed E-state index contributed by atoms with van der Waals surface area (Å²) in [6, 6.07) is 0. The second kappa shape index (κ2) is 7.68. The molecule has 1 unspecified atom stereocenters. The highest BCUT2D eigenvalue weighted by Crippen LogP contribution is 2.67. The summed E-state index contributed by atoms with van der Waals surface area (Å²) in [5.41, 5.74) is 0.0920. The molecule has 4 radical (unpaired) electrons. The van der Waals surface area contributed by atoms with Crippen molar-refractivity contribution in [1.29, 1.82) is 0 Å². The van der Waals surface area contributed by atoms with Crippen molar-refractivity contribution in [2.24, 2.45) is 40.4 Å². The third-order valence-electron chi connectivity index (χ3n) is 10.5. The minimum absolute atomic E-state index is 0.102. The van der Waals surface area contributed by atoms with Gasteiger partial charge < -0.3 is 10.2 Å². The number of allylic oxidation sites excluding steroid dienone is 1. The van der Waals surface area contributed by atoms with Crippen LogP contribution in [0.5, 0.6) is 0 Å². The molecule has 2 nitrogen and oxygen atoms in total. The molecule has 3 saturated carbocycles. The third-order valence-corrected chi connectivity index (χ3v) is 10.5. The summed E-state index contributed by atoms with van der Waals surface area (Å²) in [5, 5.41) is 20.9. The number of aliphatic hydroxyl groups is 2. The zero-order valence-corrected chi connectivity index (χ0v) is 19.8. The van der Waals surface area contributed by atoms with Crippen molar-refractivity contribution in [2.45, 2.75) is 109 Å². The maximum absolute atomic E-state index is 10.4. The average molecular weight is 408 g/mol. The van der Waals surface area contributed by atoms with E-state index in [1.807, 2.05) is 13.8 Å². The molecular weight excluding hydrogens is 366 g/mol. The van der Waals surface area contributed by atoms with E-state index >= 15 is 0 Å². The zero-order valence-electron chi connectivity index (χ0n) is 19.8. The van der Waals surface area contributed by atoms with Crippen molar-refractivity contribution in [3.05, 3.63) is 11.6 Å².